The van der Waals surface area contributed by atoms with Crippen molar-refractivity contribution in [2.24, 2.45) is 9.98 Å². The molecule has 0 aliphatic carbocycles. The smallest absolute Gasteiger partial charge is 0.234 e. The molecule has 3 heterocycles. The van der Waals surface area contributed by atoms with Gasteiger partial charge in [-0.3, -0.25) is 4.79 Å². The summed E-state index contributed by atoms with van der Waals surface area (Å²) < 4.78 is 11.1. The van der Waals surface area contributed by atoms with Crippen LogP contribution in [0.1, 0.15) is 11.3 Å². The van der Waals surface area contributed by atoms with Gasteiger partial charge in [0.2, 0.25) is 5.91 Å². The molecule has 0 saturated heterocycles. The van der Waals surface area contributed by atoms with Gasteiger partial charge < -0.3 is 14.8 Å². The summed E-state index contributed by atoms with van der Waals surface area (Å²) in [5, 5.41) is 5.84. The first kappa shape index (κ1) is 19.8. The zero-order valence-corrected chi connectivity index (χ0v) is 18.2. The van der Waals surface area contributed by atoms with Gasteiger partial charge in [-0.25, -0.2) is 9.98 Å². The SMILES string of the molecule is O=C(CSC1=Nc2ccccc2N=C(c2cccs2)C1)Nc1ccc2c(c1)OCCO2. The van der Waals surface area contributed by atoms with Crippen LogP contribution < -0.4 is 14.8 Å². The molecule has 2 aliphatic heterocycles. The molecule has 0 bridgehead atoms. The van der Waals surface area contributed by atoms with E-state index >= 15 is 0 Å². The summed E-state index contributed by atoms with van der Waals surface area (Å²) in [6, 6.07) is 17.3. The fourth-order valence-corrected chi connectivity index (χ4v) is 4.78. The number of amides is 1. The molecule has 2 aliphatic rings. The Morgan fingerprint density at radius 3 is 2.61 bits per heavy atom. The lowest BCUT2D eigenvalue weighted by atomic mass is 10.2. The van der Waals surface area contributed by atoms with E-state index in [9.17, 15) is 4.79 Å². The zero-order chi connectivity index (χ0) is 21.0. The van der Waals surface area contributed by atoms with Crippen LogP contribution in [0.15, 0.2) is 70.0 Å². The summed E-state index contributed by atoms with van der Waals surface area (Å²) in [5.41, 5.74) is 3.33. The first-order valence-electron chi connectivity index (χ1n) is 9.85. The summed E-state index contributed by atoms with van der Waals surface area (Å²) in [7, 11) is 0. The monoisotopic (exact) mass is 449 g/mol. The van der Waals surface area contributed by atoms with Crippen molar-refractivity contribution in [3.8, 4) is 11.5 Å². The fourth-order valence-electron chi connectivity index (χ4n) is 3.29. The normalized spacial score (nSPS) is 14.7. The number of ether oxygens (including phenoxy) is 2. The fraction of sp³-hybridized carbons (Fsp3) is 0.174. The maximum atomic E-state index is 12.6. The van der Waals surface area contributed by atoms with Crippen molar-refractivity contribution in [3.05, 3.63) is 64.9 Å². The van der Waals surface area contributed by atoms with E-state index < -0.39 is 0 Å². The van der Waals surface area contributed by atoms with Gasteiger partial charge in [-0.05, 0) is 35.7 Å². The molecular weight excluding hydrogens is 430 g/mol. The standard InChI is InChI=1S/C23H19N3O3S2/c27-22(24-15-7-8-19-20(12-15)29-10-9-28-19)14-31-23-13-18(21-6-3-11-30-21)25-16-4-1-2-5-17(16)26-23/h1-8,11-12H,9-10,13-14H2,(H,24,27). The Morgan fingerprint density at radius 1 is 1.00 bits per heavy atom. The average Bonchev–Trinajstić information content (AvgIpc) is 3.26. The first-order chi connectivity index (χ1) is 15.2. The van der Waals surface area contributed by atoms with Gasteiger partial charge >= 0.3 is 0 Å². The molecule has 1 aromatic heterocycles. The maximum Gasteiger partial charge on any atom is 0.234 e. The van der Waals surface area contributed by atoms with E-state index in [4.69, 9.17) is 19.5 Å². The van der Waals surface area contributed by atoms with Crippen molar-refractivity contribution in [1.29, 1.82) is 0 Å². The van der Waals surface area contributed by atoms with Gasteiger partial charge in [0.25, 0.3) is 0 Å². The average molecular weight is 450 g/mol. The van der Waals surface area contributed by atoms with Crippen molar-refractivity contribution in [2.45, 2.75) is 6.42 Å². The van der Waals surface area contributed by atoms with E-state index in [-0.39, 0.29) is 11.7 Å². The molecule has 2 aromatic carbocycles. The second-order valence-electron chi connectivity index (χ2n) is 6.90. The number of fused-ring (bicyclic) bond motifs is 2. The largest absolute Gasteiger partial charge is 0.486 e. The number of nitrogens with one attached hydrogen (secondary N) is 1. The molecule has 156 valence electrons. The first-order valence-corrected chi connectivity index (χ1v) is 11.7. The van der Waals surface area contributed by atoms with Crippen LogP contribution in [0.5, 0.6) is 11.5 Å². The van der Waals surface area contributed by atoms with Gasteiger partial charge in [-0.2, -0.15) is 0 Å². The van der Waals surface area contributed by atoms with Crippen molar-refractivity contribution >= 4 is 56.8 Å². The molecular formula is C23H19N3O3S2. The summed E-state index contributed by atoms with van der Waals surface area (Å²) in [5.74, 6) is 1.51. The summed E-state index contributed by atoms with van der Waals surface area (Å²) in [6.45, 7) is 1.05. The molecule has 8 heteroatoms. The molecule has 0 radical (unpaired) electrons. The van der Waals surface area contributed by atoms with Gasteiger partial charge in [0, 0.05) is 23.1 Å². The van der Waals surface area contributed by atoms with Crippen LogP contribution in [0.4, 0.5) is 17.1 Å². The van der Waals surface area contributed by atoms with Crippen LogP contribution in [-0.4, -0.2) is 35.6 Å². The maximum absolute atomic E-state index is 12.6. The summed E-state index contributed by atoms with van der Waals surface area (Å²) >= 11 is 3.09. The zero-order valence-electron chi connectivity index (χ0n) is 16.5. The van der Waals surface area contributed by atoms with Gasteiger partial charge in [0.05, 0.1) is 27.9 Å². The number of carbonyl (C=O) groups excluding carboxylic acids is 1. The molecule has 0 saturated carbocycles. The van der Waals surface area contributed by atoms with E-state index in [0.29, 0.717) is 36.8 Å². The molecule has 1 amide bonds. The number of rotatable bonds is 4. The number of aliphatic imine (C=N–C) groups is 2. The Hall–Kier alpha value is -3.10. The molecule has 6 nitrogen and oxygen atoms in total. The molecule has 0 unspecified atom stereocenters. The number of carbonyl (C=O) groups is 1. The van der Waals surface area contributed by atoms with Crippen molar-refractivity contribution in [1.82, 2.24) is 0 Å². The topological polar surface area (TPSA) is 72.3 Å². The number of benzene rings is 2. The number of hydrogen-bond donors (Lipinski definition) is 1. The lowest BCUT2D eigenvalue weighted by molar-refractivity contribution is -0.113. The van der Waals surface area contributed by atoms with Crippen LogP contribution in [-0.2, 0) is 4.79 Å². The number of para-hydroxylation sites is 2. The molecule has 0 spiro atoms. The summed E-state index contributed by atoms with van der Waals surface area (Å²) in [4.78, 5) is 23.3. The second-order valence-corrected chi connectivity index (χ2v) is 8.90. The lowest BCUT2D eigenvalue weighted by Crippen LogP contribution is -2.18. The predicted octanol–water partition coefficient (Wildman–Crippen LogP) is 5.45. The molecule has 0 fully saturated rings. The number of nitrogens with zero attached hydrogens (tertiary/aromatic N) is 2. The van der Waals surface area contributed by atoms with E-state index in [1.165, 1.54) is 11.8 Å². The van der Waals surface area contributed by atoms with Crippen LogP contribution in [0.25, 0.3) is 0 Å². The molecule has 3 aromatic rings. The third-order valence-electron chi connectivity index (χ3n) is 4.70. The third-order valence-corrected chi connectivity index (χ3v) is 6.60. The Kier molecular flexibility index (Phi) is 5.73. The van der Waals surface area contributed by atoms with E-state index in [1.807, 2.05) is 47.8 Å². The highest BCUT2D eigenvalue weighted by molar-refractivity contribution is 8.14. The number of thioether (sulfide) groups is 1. The van der Waals surface area contributed by atoms with E-state index in [0.717, 1.165) is 27.0 Å². The highest BCUT2D eigenvalue weighted by Crippen LogP contribution is 2.35. The highest BCUT2D eigenvalue weighted by Gasteiger charge is 2.18. The molecule has 1 N–H and O–H groups in total. The Bertz CT molecular complexity index is 1170. The Morgan fingerprint density at radius 2 is 1.81 bits per heavy atom. The Labute approximate surface area is 188 Å². The summed E-state index contributed by atoms with van der Waals surface area (Å²) in [6.07, 6.45) is 0.594. The predicted molar refractivity (Wildman–Crippen MR) is 127 cm³/mol. The van der Waals surface area contributed by atoms with E-state index in [2.05, 4.69) is 11.4 Å². The van der Waals surface area contributed by atoms with Gasteiger partial charge in [-0.15, -0.1) is 23.1 Å². The minimum atomic E-state index is -0.100. The van der Waals surface area contributed by atoms with Crippen LogP contribution in [0.3, 0.4) is 0 Å². The lowest BCUT2D eigenvalue weighted by Gasteiger charge is -2.19. The highest BCUT2D eigenvalue weighted by atomic mass is 32.2. The quantitative estimate of drug-likeness (QED) is 0.575. The van der Waals surface area contributed by atoms with Crippen molar-refractivity contribution < 1.29 is 14.3 Å². The van der Waals surface area contributed by atoms with Crippen molar-refractivity contribution in [3.63, 3.8) is 0 Å². The van der Waals surface area contributed by atoms with Crippen LogP contribution in [0, 0.1) is 0 Å². The second kappa shape index (κ2) is 8.95. The van der Waals surface area contributed by atoms with Gasteiger partial charge in [-0.1, -0.05) is 18.2 Å². The van der Waals surface area contributed by atoms with Crippen LogP contribution in [0.2, 0.25) is 0 Å². The molecule has 0 atom stereocenters. The minimum Gasteiger partial charge on any atom is -0.486 e. The number of hydrogen-bond acceptors (Lipinski definition) is 7. The van der Waals surface area contributed by atoms with Crippen molar-refractivity contribution in [2.75, 3.05) is 24.3 Å². The van der Waals surface area contributed by atoms with Gasteiger partial charge in [0.15, 0.2) is 11.5 Å². The molecule has 31 heavy (non-hydrogen) atoms. The Balaban J connectivity index is 1.29. The third kappa shape index (κ3) is 4.65. The van der Waals surface area contributed by atoms with E-state index in [1.54, 1.807) is 17.4 Å². The van der Waals surface area contributed by atoms with Crippen LogP contribution >= 0.6 is 23.1 Å². The number of anilines is 1. The number of thiophene rings is 1. The molecule has 5 rings (SSSR count). The van der Waals surface area contributed by atoms with Gasteiger partial charge in [0.1, 0.15) is 13.2 Å². The minimum absolute atomic E-state index is 0.100.